The molecule has 3 aromatic rings. The second-order valence-electron chi connectivity index (χ2n) is 10.9. The Morgan fingerprint density at radius 1 is 0.977 bits per heavy atom. The van der Waals surface area contributed by atoms with E-state index in [4.69, 9.17) is 0 Å². The molecule has 2 heterocycles. The second-order valence-corrected chi connectivity index (χ2v) is 10.9. The van der Waals surface area contributed by atoms with Gasteiger partial charge in [-0.25, -0.2) is 9.59 Å². The molecule has 0 radical (unpaired) electrons. The molecular weight excluding hydrogens is 569 g/mol. The molecule has 0 saturated heterocycles. The molecule has 43 heavy (non-hydrogen) atoms. The van der Waals surface area contributed by atoms with Crippen LogP contribution in [0.5, 0.6) is 0 Å². The molecule has 228 valence electrons. The van der Waals surface area contributed by atoms with Gasteiger partial charge in [0.15, 0.2) is 0 Å². The normalized spacial score (nSPS) is 17.1. The number of carbonyl (C=O) groups excluding carboxylic acids is 1. The van der Waals surface area contributed by atoms with Gasteiger partial charge in [-0.2, -0.15) is 13.2 Å². The lowest BCUT2D eigenvalue weighted by Gasteiger charge is -2.29. The lowest BCUT2D eigenvalue weighted by molar-refractivity contribution is -0.137. The highest BCUT2D eigenvalue weighted by Gasteiger charge is 2.45. The van der Waals surface area contributed by atoms with E-state index in [1.807, 2.05) is 30.3 Å². The molecule has 0 unspecified atom stereocenters. The minimum Gasteiger partial charge on any atom is -0.478 e. The molecule has 2 amide bonds. The predicted molar refractivity (Wildman–Crippen MR) is 148 cm³/mol. The van der Waals surface area contributed by atoms with Crippen LogP contribution in [-0.2, 0) is 31.2 Å². The summed E-state index contributed by atoms with van der Waals surface area (Å²) in [6.07, 6.45) is -5.47. The minimum absolute atomic E-state index is 0.0262. The number of carboxylic acids is 1. The fourth-order valence-corrected chi connectivity index (χ4v) is 5.55. The molecule has 1 aliphatic heterocycles. The number of rotatable bonds is 10. The van der Waals surface area contributed by atoms with Crippen LogP contribution in [0.25, 0.3) is 0 Å². The SMILES string of the molecule is O=C(O)c1cc(C(=O)N[C@@H](Cc2ccccc2)[C@@H](O)CNC2(c3cccc(C(F)(F)F)c3)CC2)n2c1CN(C(=O)O)CC2. The first-order valence-corrected chi connectivity index (χ1v) is 13.8. The van der Waals surface area contributed by atoms with Crippen molar-refractivity contribution in [2.24, 2.45) is 0 Å². The van der Waals surface area contributed by atoms with E-state index in [9.17, 15) is 42.9 Å². The van der Waals surface area contributed by atoms with Crippen molar-refractivity contribution in [3.63, 3.8) is 0 Å². The molecule has 1 aliphatic carbocycles. The minimum atomic E-state index is -4.49. The molecule has 13 heteroatoms. The number of fused-ring (bicyclic) bond motifs is 1. The maximum atomic E-state index is 13.5. The van der Waals surface area contributed by atoms with Crippen LogP contribution in [0.3, 0.4) is 0 Å². The molecular formula is C30H31F3N4O6. The second kappa shape index (κ2) is 11.7. The maximum absolute atomic E-state index is 13.5. The summed E-state index contributed by atoms with van der Waals surface area (Å²) in [5, 5.41) is 36.4. The van der Waals surface area contributed by atoms with Gasteiger partial charge in [0.25, 0.3) is 5.91 Å². The van der Waals surface area contributed by atoms with Crippen molar-refractivity contribution in [2.75, 3.05) is 13.1 Å². The quantitative estimate of drug-likeness (QED) is 0.239. The first-order valence-electron chi connectivity index (χ1n) is 13.8. The number of carbonyl (C=O) groups is 3. The Bertz CT molecular complexity index is 1520. The third-order valence-electron chi connectivity index (χ3n) is 8.10. The van der Waals surface area contributed by atoms with E-state index >= 15 is 0 Å². The summed E-state index contributed by atoms with van der Waals surface area (Å²) >= 11 is 0. The third-order valence-corrected chi connectivity index (χ3v) is 8.10. The van der Waals surface area contributed by atoms with Crippen molar-refractivity contribution >= 4 is 18.0 Å². The summed E-state index contributed by atoms with van der Waals surface area (Å²) < 4.78 is 41.4. The summed E-state index contributed by atoms with van der Waals surface area (Å²) in [5.74, 6) is -1.94. The molecule has 0 spiro atoms. The molecule has 0 bridgehead atoms. The summed E-state index contributed by atoms with van der Waals surface area (Å²) in [7, 11) is 0. The van der Waals surface area contributed by atoms with E-state index in [0.29, 0.717) is 18.4 Å². The van der Waals surface area contributed by atoms with E-state index in [1.54, 1.807) is 6.07 Å². The van der Waals surface area contributed by atoms with Gasteiger partial charge >= 0.3 is 18.2 Å². The molecule has 1 aromatic heterocycles. The van der Waals surface area contributed by atoms with Crippen LogP contribution in [-0.4, -0.2) is 68.0 Å². The van der Waals surface area contributed by atoms with Crippen LogP contribution in [0.4, 0.5) is 18.0 Å². The van der Waals surface area contributed by atoms with E-state index in [-0.39, 0.29) is 49.6 Å². The van der Waals surface area contributed by atoms with Crippen LogP contribution in [0.15, 0.2) is 60.7 Å². The van der Waals surface area contributed by atoms with Crippen molar-refractivity contribution in [3.8, 4) is 0 Å². The summed E-state index contributed by atoms with van der Waals surface area (Å²) in [4.78, 5) is 38.0. The zero-order chi connectivity index (χ0) is 30.9. The van der Waals surface area contributed by atoms with Crippen molar-refractivity contribution < 1.29 is 42.9 Å². The smallest absolute Gasteiger partial charge is 0.416 e. The van der Waals surface area contributed by atoms with Gasteiger partial charge in [0.1, 0.15) is 5.69 Å². The number of nitrogens with zero attached hydrogens (tertiary/aromatic N) is 2. The number of nitrogens with one attached hydrogen (secondary N) is 2. The number of halogens is 3. The Hall–Kier alpha value is -4.36. The monoisotopic (exact) mass is 600 g/mol. The largest absolute Gasteiger partial charge is 0.478 e. The van der Waals surface area contributed by atoms with Crippen LogP contribution in [0.2, 0.25) is 0 Å². The standard InChI is InChI=1S/C30H31F3N4O6/c31-30(32,33)20-8-4-7-19(14-20)29(9-10-29)34-16-25(38)22(13-18-5-2-1-3-6-18)35-26(39)23-15-21(27(40)41)24-17-36(28(42)43)11-12-37(23)24/h1-8,14-15,22,25,34,38H,9-13,16-17H2,(H,35,39)(H,40,41)(H,42,43)/t22-,25-/m0/s1. The van der Waals surface area contributed by atoms with Crippen molar-refractivity contribution in [2.45, 2.75) is 56.2 Å². The van der Waals surface area contributed by atoms with E-state index in [1.165, 1.54) is 16.7 Å². The molecule has 2 aromatic carbocycles. The van der Waals surface area contributed by atoms with Crippen LogP contribution in [0.1, 0.15) is 56.1 Å². The Kier molecular flexibility index (Phi) is 8.21. The third kappa shape index (κ3) is 6.52. The van der Waals surface area contributed by atoms with Crippen LogP contribution < -0.4 is 10.6 Å². The number of hydrogen-bond donors (Lipinski definition) is 5. The molecule has 2 atom stereocenters. The van der Waals surface area contributed by atoms with Gasteiger partial charge in [-0.1, -0.05) is 42.5 Å². The summed E-state index contributed by atoms with van der Waals surface area (Å²) in [6, 6.07) is 14.5. The van der Waals surface area contributed by atoms with E-state index in [0.717, 1.165) is 22.6 Å². The van der Waals surface area contributed by atoms with Crippen LogP contribution in [0, 0.1) is 0 Å². The average molecular weight is 601 g/mol. The Morgan fingerprint density at radius 2 is 1.70 bits per heavy atom. The van der Waals surface area contributed by atoms with Gasteiger partial charge < -0.3 is 35.4 Å². The highest BCUT2D eigenvalue weighted by molar-refractivity contribution is 5.98. The Balaban J connectivity index is 1.36. The number of carboxylic acid groups (broad SMARTS) is 2. The van der Waals surface area contributed by atoms with Gasteiger partial charge in [-0.05, 0) is 48.6 Å². The molecule has 2 aliphatic rings. The molecule has 10 nitrogen and oxygen atoms in total. The number of amides is 2. The number of benzene rings is 2. The van der Waals surface area contributed by atoms with Gasteiger partial charge in [0, 0.05) is 25.2 Å². The first-order chi connectivity index (χ1) is 20.4. The molecule has 5 rings (SSSR count). The maximum Gasteiger partial charge on any atom is 0.416 e. The van der Waals surface area contributed by atoms with Crippen molar-refractivity contribution in [1.29, 1.82) is 0 Å². The Labute approximate surface area is 244 Å². The summed E-state index contributed by atoms with van der Waals surface area (Å²) in [5.41, 5.74) is -0.175. The fourth-order valence-electron chi connectivity index (χ4n) is 5.55. The fraction of sp³-hybridized carbons (Fsp3) is 0.367. The number of hydrogen-bond acceptors (Lipinski definition) is 5. The summed E-state index contributed by atoms with van der Waals surface area (Å²) in [6.45, 7) is -0.0886. The molecule has 1 fully saturated rings. The van der Waals surface area contributed by atoms with Gasteiger partial charge in [-0.3, -0.25) is 4.79 Å². The number of aliphatic hydroxyl groups is 1. The number of aliphatic hydroxyl groups excluding tert-OH is 1. The van der Waals surface area contributed by atoms with Gasteiger partial charge in [0.2, 0.25) is 0 Å². The van der Waals surface area contributed by atoms with Gasteiger partial charge in [0.05, 0.1) is 35.5 Å². The average Bonchev–Trinajstić information content (AvgIpc) is 3.67. The lowest BCUT2D eigenvalue weighted by atomic mass is 9.98. The van der Waals surface area contributed by atoms with Crippen molar-refractivity contribution in [1.82, 2.24) is 20.1 Å². The number of alkyl halides is 3. The zero-order valence-electron chi connectivity index (χ0n) is 23.0. The highest BCUT2D eigenvalue weighted by Crippen LogP contribution is 2.46. The molecule has 1 saturated carbocycles. The number of aromatic carboxylic acids is 1. The molecule has 5 N–H and O–H groups in total. The Morgan fingerprint density at radius 3 is 2.33 bits per heavy atom. The van der Waals surface area contributed by atoms with E-state index in [2.05, 4.69) is 10.6 Å². The highest BCUT2D eigenvalue weighted by atomic mass is 19.4. The van der Waals surface area contributed by atoms with E-state index < -0.39 is 47.4 Å². The van der Waals surface area contributed by atoms with Gasteiger partial charge in [-0.15, -0.1) is 0 Å². The topological polar surface area (TPSA) is 144 Å². The first kappa shape index (κ1) is 30.1. The lowest BCUT2D eigenvalue weighted by Crippen LogP contribution is -2.50. The predicted octanol–water partition coefficient (Wildman–Crippen LogP) is 3.68. The van der Waals surface area contributed by atoms with Crippen molar-refractivity contribution in [3.05, 3.63) is 94.3 Å². The zero-order valence-corrected chi connectivity index (χ0v) is 23.0. The number of aromatic nitrogens is 1. The van der Waals surface area contributed by atoms with Crippen LogP contribution >= 0.6 is 0 Å².